The van der Waals surface area contributed by atoms with Crippen molar-refractivity contribution in [3.63, 3.8) is 0 Å². The van der Waals surface area contributed by atoms with Gasteiger partial charge in [-0.2, -0.15) is 0 Å². The van der Waals surface area contributed by atoms with Gasteiger partial charge in [-0.25, -0.2) is 8.42 Å². The highest BCUT2D eigenvalue weighted by Crippen LogP contribution is 2.48. The summed E-state index contributed by atoms with van der Waals surface area (Å²) in [6, 6.07) is 0. The molecule has 0 N–H and O–H groups in total. The van der Waals surface area contributed by atoms with E-state index in [-0.39, 0.29) is 4.75 Å². The van der Waals surface area contributed by atoms with E-state index in [0.29, 0.717) is 5.92 Å². The first-order valence-corrected chi connectivity index (χ1v) is 4.96. The minimum absolute atomic E-state index is 0.368. The van der Waals surface area contributed by atoms with E-state index in [1.807, 2.05) is 13.8 Å². The van der Waals surface area contributed by atoms with E-state index in [4.69, 9.17) is 0 Å². The van der Waals surface area contributed by atoms with Crippen LogP contribution in [0.5, 0.6) is 0 Å². The summed E-state index contributed by atoms with van der Waals surface area (Å²) in [7, 11) is -2.78. The molecule has 0 aromatic rings. The van der Waals surface area contributed by atoms with Crippen molar-refractivity contribution >= 4 is 9.84 Å². The molecule has 0 heterocycles. The Bertz CT molecular complexity index is 217. The van der Waals surface area contributed by atoms with Gasteiger partial charge in [-0.05, 0) is 19.3 Å². The summed E-state index contributed by atoms with van der Waals surface area (Å²) in [6.07, 6.45) is 2.16. The van der Waals surface area contributed by atoms with Gasteiger partial charge in [0, 0.05) is 6.26 Å². The van der Waals surface area contributed by atoms with Crippen molar-refractivity contribution in [2.45, 2.75) is 25.0 Å². The number of hydrogen-bond acceptors (Lipinski definition) is 2. The van der Waals surface area contributed by atoms with Crippen LogP contribution in [0.2, 0.25) is 0 Å². The van der Waals surface area contributed by atoms with Gasteiger partial charge < -0.3 is 0 Å². The lowest BCUT2D eigenvalue weighted by Gasteiger charge is -2.04. The summed E-state index contributed by atoms with van der Waals surface area (Å²) in [5.74, 6) is 0.368. The number of hydrogen-bond donors (Lipinski definition) is 0. The third-order valence-electron chi connectivity index (χ3n) is 2.44. The van der Waals surface area contributed by atoms with Crippen LogP contribution in [0.15, 0.2) is 0 Å². The minimum Gasteiger partial charge on any atom is -0.229 e. The van der Waals surface area contributed by atoms with E-state index in [1.165, 1.54) is 6.26 Å². The molecule has 2 nitrogen and oxygen atoms in total. The van der Waals surface area contributed by atoms with Crippen LogP contribution >= 0.6 is 0 Å². The zero-order chi connectivity index (χ0) is 7.28. The van der Waals surface area contributed by atoms with Gasteiger partial charge in [-0.3, -0.25) is 0 Å². The van der Waals surface area contributed by atoms with E-state index in [1.54, 1.807) is 0 Å². The SMILES string of the molecule is CC1CC1(C)S(C)(=O)=O. The highest BCUT2D eigenvalue weighted by Gasteiger charge is 2.54. The topological polar surface area (TPSA) is 34.1 Å². The second-order valence-corrected chi connectivity index (χ2v) is 5.67. The molecule has 0 saturated heterocycles. The molecule has 2 unspecified atom stereocenters. The van der Waals surface area contributed by atoms with Crippen LogP contribution in [0.1, 0.15) is 20.3 Å². The first-order chi connectivity index (χ1) is 3.88. The number of rotatable bonds is 1. The summed E-state index contributed by atoms with van der Waals surface area (Å²) in [5.41, 5.74) is 0. The summed E-state index contributed by atoms with van der Waals surface area (Å²) >= 11 is 0. The van der Waals surface area contributed by atoms with Crippen LogP contribution in [0, 0.1) is 5.92 Å². The molecule has 1 aliphatic rings. The van der Waals surface area contributed by atoms with Crippen molar-refractivity contribution < 1.29 is 8.42 Å². The molecule has 2 atom stereocenters. The summed E-state index contributed by atoms with van der Waals surface area (Å²) < 4.78 is 21.5. The second kappa shape index (κ2) is 1.51. The van der Waals surface area contributed by atoms with Gasteiger partial charge in [0.1, 0.15) is 0 Å². The monoisotopic (exact) mass is 148 g/mol. The van der Waals surface area contributed by atoms with Gasteiger partial charge >= 0.3 is 0 Å². The maximum Gasteiger partial charge on any atom is 0.153 e. The Labute approximate surface area is 56.2 Å². The molecule has 0 bridgehead atoms. The number of sulfone groups is 1. The fourth-order valence-electron chi connectivity index (χ4n) is 1.07. The minimum atomic E-state index is -2.78. The molecule has 0 aromatic heterocycles. The highest BCUT2D eigenvalue weighted by molar-refractivity contribution is 7.92. The lowest BCUT2D eigenvalue weighted by atomic mass is 10.4. The van der Waals surface area contributed by atoms with E-state index >= 15 is 0 Å². The molecular formula is C6H12O2S. The molecule has 1 aliphatic carbocycles. The van der Waals surface area contributed by atoms with Gasteiger partial charge in [0.2, 0.25) is 0 Å². The fourth-order valence-corrected chi connectivity index (χ4v) is 2.35. The molecule has 0 radical (unpaired) electrons. The lowest BCUT2D eigenvalue weighted by molar-refractivity contribution is 0.583. The Kier molecular flexibility index (Phi) is 1.18. The zero-order valence-corrected chi connectivity index (χ0v) is 6.83. The lowest BCUT2D eigenvalue weighted by Crippen LogP contribution is -2.18. The summed E-state index contributed by atoms with van der Waals surface area (Å²) in [4.78, 5) is 0. The van der Waals surface area contributed by atoms with Crippen molar-refractivity contribution in [1.29, 1.82) is 0 Å². The predicted molar refractivity (Wildman–Crippen MR) is 37.0 cm³/mol. The normalized spacial score (nSPS) is 42.8. The Hall–Kier alpha value is -0.0500. The molecule has 0 amide bonds. The smallest absolute Gasteiger partial charge is 0.153 e. The highest BCUT2D eigenvalue weighted by atomic mass is 32.2. The third-order valence-corrected chi connectivity index (χ3v) is 4.70. The molecule has 0 spiro atoms. The molecule has 1 rings (SSSR count). The second-order valence-electron chi connectivity index (χ2n) is 3.19. The van der Waals surface area contributed by atoms with Gasteiger partial charge in [0.05, 0.1) is 4.75 Å². The van der Waals surface area contributed by atoms with E-state index < -0.39 is 9.84 Å². The van der Waals surface area contributed by atoms with Crippen LogP contribution < -0.4 is 0 Å². The molecule has 54 valence electrons. The molecule has 0 aromatic carbocycles. The molecule has 1 fully saturated rings. The largest absolute Gasteiger partial charge is 0.229 e. The molecular weight excluding hydrogens is 136 g/mol. The Balaban J connectivity index is 2.90. The maximum absolute atomic E-state index is 10.9. The first kappa shape index (κ1) is 7.06. The Morgan fingerprint density at radius 3 is 1.89 bits per heavy atom. The standard InChI is InChI=1S/C6H12O2S/c1-5-4-6(5,2)9(3,7)8/h5H,4H2,1-3H3. The van der Waals surface area contributed by atoms with Crippen molar-refractivity contribution in [1.82, 2.24) is 0 Å². The van der Waals surface area contributed by atoms with Crippen LogP contribution in [0.25, 0.3) is 0 Å². The van der Waals surface area contributed by atoms with E-state index in [9.17, 15) is 8.42 Å². The quantitative estimate of drug-likeness (QED) is 0.552. The van der Waals surface area contributed by atoms with Crippen molar-refractivity contribution in [2.24, 2.45) is 5.92 Å². The molecule has 3 heteroatoms. The fraction of sp³-hybridized carbons (Fsp3) is 1.00. The first-order valence-electron chi connectivity index (χ1n) is 3.07. The van der Waals surface area contributed by atoms with Gasteiger partial charge in [0.25, 0.3) is 0 Å². The van der Waals surface area contributed by atoms with Crippen LogP contribution in [0.4, 0.5) is 0 Å². The van der Waals surface area contributed by atoms with Crippen LogP contribution in [-0.4, -0.2) is 19.4 Å². The van der Waals surface area contributed by atoms with E-state index in [0.717, 1.165) is 6.42 Å². The van der Waals surface area contributed by atoms with Gasteiger partial charge in [0.15, 0.2) is 9.84 Å². The maximum atomic E-state index is 10.9. The van der Waals surface area contributed by atoms with Crippen molar-refractivity contribution in [3.05, 3.63) is 0 Å². The van der Waals surface area contributed by atoms with Gasteiger partial charge in [-0.1, -0.05) is 6.92 Å². The predicted octanol–water partition coefficient (Wildman–Crippen LogP) is 0.830. The van der Waals surface area contributed by atoms with Crippen LogP contribution in [-0.2, 0) is 9.84 Å². The average molecular weight is 148 g/mol. The summed E-state index contributed by atoms with van der Waals surface area (Å²) in [5, 5.41) is 0. The van der Waals surface area contributed by atoms with Gasteiger partial charge in [-0.15, -0.1) is 0 Å². The molecule has 9 heavy (non-hydrogen) atoms. The molecule has 1 saturated carbocycles. The average Bonchev–Trinajstić information content (AvgIpc) is 2.13. The third kappa shape index (κ3) is 0.874. The van der Waals surface area contributed by atoms with Crippen LogP contribution in [0.3, 0.4) is 0 Å². The Morgan fingerprint density at radius 1 is 1.56 bits per heavy atom. The van der Waals surface area contributed by atoms with Crippen molar-refractivity contribution in [3.8, 4) is 0 Å². The molecule has 0 aliphatic heterocycles. The van der Waals surface area contributed by atoms with E-state index in [2.05, 4.69) is 0 Å². The summed E-state index contributed by atoms with van der Waals surface area (Å²) in [6.45, 7) is 3.79. The zero-order valence-electron chi connectivity index (χ0n) is 6.01. The Morgan fingerprint density at radius 2 is 1.89 bits per heavy atom. The van der Waals surface area contributed by atoms with Crippen molar-refractivity contribution in [2.75, 3.05) is 6.26 Å².